The van der Waals surface area contributed by atoms with Crippen LogP contribution in [0, 0.1) is 5.92 Å². The van der Waals surface area contributed by atoms with Gasteiger partial charge in [0.1, 0.15) is 11.5 Å². The first-order valence-corrected chi connectivity index (χ1v) is 17.3. The van der Waals surface area contributed by atoms with Gasteiger partial charge in [0.05, 0.1) is 42.4 Å². The minimum absolute atomic E-state index is 0.0225. The number of rotatable bonds is 9. The second-order valence-electron chi connectivity index (χ2n) is 12.3. The van der Waals surface area contributed by atoms with E-state index in [2.05, 4.69) is 10.0 Å². The number of nitrogens with one attached hydrogen (secondary N) is 2. The van der Waals surface area contributed by atoms with Gasteiger partial charge in [-0.3, -0.25) is 9.52 Å². The highest BCUT2D eigenvalue weighted by atomic mass is 32.2. The van der Waals surface area contributed by atoms with E-state index < -0.39 is 22.0 Å². The van der Waals surface area contributed by atoms with Crippen molar-refractivity contribution in [3.8, 4) is 11.5 Å². The maximum atomic E-state index is 14.3. The van der Waals surface area contributed by atoms with Crippen LogP contribution >= 0.6 is 0 Å². The molecular weight excluding hydrogens is 612 g/mol. The molecule has 3 rings (SSSR count). The SMILES string of the molecule is COc1ccc(S(=O)(=O)Nc2ccc3c(c2)C(=O)N([C@H](C)CO)C[C@@H](C)[C@@H](CN(C)C(=O)NC(C)C)OCCCC[C@@H](C)O3)cc1. The van der Waals surface area contributed by atoms with E-state index >= 15 is 0 Å². The van der Waals surface area contributed by atoms with Gasteiger partial charge in [-0.1, -0.05) is 6.92 Å². The maximum absolute atomic E-state index is 14.3. The molecule has 2 aromatic rings. The average Bonchev–Trinajstić information content (AvgIpc) is 3.01. The number of urea groups is 1. The van der Waals surface area contributed by atoms with Crippen LogP contribution in [0.4, 0.5) is 10.5 Å². The minimum Gasteiger partial charge on any atom is -0.497 e. The number of carbonyl (C=O) groups excluding carboxylic acids is 2. The van der Waals surface area contributed by atoms with Crippen LogP contribution in [0.15, 0.2) is 47.4 Å². The summed E-state index contributed by atoms with van der Waals surface area (Å²) in [5.41, 5.74) is 0.348. The Kier molecular flexibility index (Phi) is 13.5. The van der Waals surface area contributed by atoms with Gasteiger partial charge in [-0.25, -0.2) is 13.2 Å². The molecule has 0 bridgehead atoms. The first-order chi connectivity index (χ1) is 21.7. The van der Waals surface area contributed by atoms with Crippen molar-refractivity contribution >= 4 is 27.6 Å². The molecule has 13 heteroatoms. The fourth-order valence-corrected chi connectivity index (χ4v) is 6.18. The van der Waals surface area contributed by atoms with Crippen molar-refractivity contribution in [3.63, 3.8) is 0 Å². The first-order valence-electron chi connectivity index (χ1n) is 15.8. The Balaban J connectivity index is 1.98. The molecule has 3 amide bonds. The number of benzene rings is 2. The monoisotopic (exact) mass is 662 g/mol. The van der Waals surface area contributed by atoms with Gasteiger partial charge in [0, 0.05) is 44.4 Å². The molecular formula is C33H50N4O8S. The maximum Gasteiger partial charge on any atom is 0.317 e. The van der Waals surface area contributed by atoms with Crippen LogP contribution in [-0.2, 0) is 14.8 Å². The van der Waals surface area contributed by atoms with Crippen molar-refractivity contribution in [1.29, 1.82) is 0 Å². The molecule has 3 N–H and O–H groups in total. The number of likely N-dealkylation sites (N-methyl/N-ethyl adjacent to an activating group) is 1. The lowest BCUT2D eigenvalue weighted by atomic mass is 10.0. The molecule has 0 saturated heterocycles. The molecule has 2 aromatic carbocycles. The summed E-state index contributed by atoms with van der Waals surface area (Å²) in [6.45, 7) is 10.1. The Bertz CT molecular complexity index is 1400. The zero-order valence-electron chi connectivity index (χ0n) is 28.0. The summed E-state index contributed by atoms with van der Waals surface area (Å²) in [7, 11) is -0.777. The molecule has 256 valence electrons. The second-order valence-corrected chi connectivity index (χ2v) is 14.0. The first kappa shape index (κ1) is 36.9. The molecule has 0 aromatic heterocycles. The molecule has 0 radical (unpaired) electrons. The number of amides is 3. The van der Waals surface area contributed by atoms with Crippen LogP contribution in [0.1, 0.15) is 64.2 Å². The average molecular weight is 663 g/mol. The number of sulfonamides is 1. The molecule has 1 aliphatic heterocycles. The van der Waals surface area contributed by atoms with Crippen molar-refractivity contribution < 1.29 is 37.3 Å². The number of ether oxygens (including phenoxy) is 3. The van der Waals surface area contributed by atoms with Gasteiger partial charge >= 0.3 is 6.03 Å². The van der Waals surface area contributed by atoms with Gasteiger partial charge in [0.15, 0.2) is 0 Å². The number of hydrogen-bond donors (Lipinski definition) is 3. The lowest BCUT2D eigenvalue weighted by molar-refractivity contribution is -0.0122. The van der Waals surface area contributed by atoms with E-state index in [1.54, 1.807) is 48.0 Å². The topological polar surface area (TPSA) is 147 Å². The number of hydrogen-bond acceptors (Lipinski definition) is 8. The van der Waals surface area contributed by atoms with E-state index in [0.29, 0.717) is 31.1 Å². The number of fused-ring (bicyclic) bond motifs is 1. The van der Waals surface area contributed by atoms with Crippen LogP contribution in [-0.4, -0.2) is 100 Å². The van der Waals surface area contributed by atoms with Crippen molar-refractivity contribution in [2.75, 3.05) is 45.2 Å². The third-order valence-corrected chi connectivity index (χ3v) is 9.28. The van der Waals surface area contributed by atoms with E-state index in [9.17, 15) is 23.1 Å². The smallest absolute Gasteiger partial charge is 0.317 e. The number of anilines is 1. The Hall–Kier alpha value is -3.55. The molecule has 46 heavy (non-hydrogen) atoms. The van der Waals surface area contributed by atoms with Crippen molar-refractivity contribution in [2.45, 2.75) is 83.1 Å². The molecule has 1 heterocycles. The molecule has 0 unspecified atom stereocenters. The normalized spacial score (nSPS) is 20.6. The van der Waals surface area contributed by atoms with E-state index in [1.807, 2.05) is 27.7 Å². The van der Waals surface area contributed by atoms with Crippen LogP contribution in [0.5, 0.6) is 11.5 Å². The third-order valence-electron chi connectivity index (χ3n) is 7.89. The summed E-state index contributed by atoms with van der Waals surface area (Å²) in [6, 6.07) is 9.79. The summed E-state index contributed by atoms with van der Waals surface area (Å²) >= 11 is 0. The van der Waals surface area contributed by atoms with E-state index in [0.717, 1.165) is 12.8 Å². The molecule has 1 aliphatic rings. The fourth-order valence-electron chi connectivity index (χ4n) is 5.13. The van der Waals surface area contributed by atoms with E-state index in [1.165, 1.54) is 25.3 Å². The van der Waals surface area contributed by atoms with Crippen molar-refractivity contribution in [2.24, 2.45) is 5.92 Å². The predicted octanol–water partition coefficient (Wildman–Crippen LogP) is 4.34. The number of aliphatic hydroxyl groups is 1. The van der Waals surface area contributed by atoms with Gasteiger partial charge < -0.3 is 34.4 Å². The third kappa shape index (κ3) is 10.2. The van der Waals surface area contributed by atoms with Gasteiger partial charge in [-0.15, -0.1) is 0 Å². The summed E-state index contributed by atoms with van der Waals surface area (Å²) in [5.74, 6) is 0.188. The van der Waals surface area contributed by atoms with Gasteiger partial charge in [-0.05, 0) is 89.4 Å². The van der Waals surface area contributed by atoms with Crippen LogP contribution < -0.4 is 19.5 Å². The lowest BCUT2D eigenvalue weighted by Gasteiger charge is -2.36. The van der Waals surface area contributed by atoms with Gasteiger partial charge in [0.25, 0.3) is 15.9 Å². The standard InChI is InChI=1S/C33H50N4O8S/c1-22(2)34-33(40)36(6)20-31-23(3)19-37(24(4)21-38)32(39)29-18-26(11-16-30(29)45-25(5)10-8-9-17-44-31)35-46(41,42)28-14-12-27(43-7)13-15-28/h11-16,18,22-25,31,35,38H,8-10,17,19-21H2,1-7H3,(H,34,40)/t23-,24-,25-,31-/m1/s1. The van der Waals surface area contributed by atoms with Crippen LogP contribution in [0.25, 0.3) is 0 Å². The highest BCUT2D eigenvalue weighted by molar-refractivity contribution is 7.92. The zero-order valence-corrected chi connectivity index (χ0v) is 28.8. The van der Waals surface area contributed by atoms with Crippen molar-refractivity contribution in [3.05, 3.63) is 48.0 Å². The number of nitrogens with zero attached hydrogens (tertiary/aromatic N) is 2. The highest BCUT2D eigenvalue weighted by Gasteiger charge is 2.31. The quantitative estimate of drug-likeness (QED) is 0.360. The summed E-state index contributed by atoms with van der Waals surface area (Å²) in [5, 5.41) is 13.1. The van der Waals surface area contributed by atoms with E-state index in [4.69, 9.17) is 14.2 Å². The lowest BCUT2D eigenvalue weighted by Crippen LogP contribution is -2.49. The largest absolute Gasteiger partial charge is 0.497 e. The number of aliphatic hydroxyl groups excluding tert-OH is 1. The van der Waals surface area contributed by atoms with E-state index in [-0.39, 0.29) is 59.5 Å². The molecule has 0 fully saturated rings. The zero-order chi connectivity index (χ0) is 34.0. The highest BCUT2D eigenvalue weighted by Crippen LogP contribution is 2.30. The Labute approximate surface area is 273 Å². The number of carbonyl (C=O) groups is 2. The number of methoxy groups -OCH3 is 1. The second kappa shape index (κ2) is 16.8. The molecule has 12 nitrogen and oxygen atoms in total. The van der Waals surface area contributed by atoms with Crippen LogP contribution in [0.3, 0.4) is 0 Å². The Morgan fingerprint density at radius 2 is 1.83 bits per heavy atom. The van der Waals surface area contributed by atoms with Crippen molar-refractivity contribution in [1.82, 2.24) is 15.1 Å². The Morgan fingerprint density at radius 1 is 1.13 bits per heavy atom. The summed E-state index contributed by atoms with van der Waals surface area (Å²) in [6.07, 6.45) is 1.69. The molecule has 0 spiro atoms. The predicted molar refractivity (Wildman–Crippen MR) is 177 cm³/mol. The van der Waals surface area contributed by atoms with Crippen LogP contribution in [0.2, 0.25) is 0 Å². The molecule has 4 atom stereocenters. The molecule has 0 saturated carbocycles. The Morgan fingerprint density at radius 3 is 2.46 bits per heavy atom. The molecule has 0 aliphatic carbocycles. The summed E-state index contributed by atoms with van der Waals surface area (Å²) in [4.78, 5) is 30.2. The fraction of sp³-hybridized carbons (Fsp3) is 0.576. The minimum atomic E-state index is -3.98. The van der Waals surface area contributed by atoms with Gasteiger partial charge in [0.2, 0.25) is 0 Å². The van der Waals surface area contributed by atoms with Gasteiger partial charge in [-0.2, -0.15) is 0 Å². The summed E-state index contributed by atoms with van der Waals surface area (Å²) < 4.78 is 46.7.